The third kappa shape index (κ3) is 5.16. The minimum absolute atomic E-state index is 0.00782. The minimum atomic E-state index is 0.00782. The highest BCUT2D eigenvalue weighted by Gasteiger charge is 2.01. The summed E-state index contributed by atoms with van der Waals surface area (Å²) in [6.45, 7) is 1.97. The normalized spacial score (nSPS) is 8.56. The van der Waals surface area contributed by atoms with Gasteiger partial charge in [-0.15, -0.1) is 0 Å². The third-order valence-electron chi connectivity index (χ3n) is 0.532. The fourth-order valence-electron chi connectivity index (χ4n) is 0.307. The number of amidine groups is 1. The van der Waals surface area contributed by atoms with E-state index in [1.54, 1.807) is 0 Å². The Morgan fingerprint density at radius 1 is 1.67 bits per heavy atom. The van der Waals surface area contributed by atoms with Crippen LogP contribution >= 0.6 is 11.8 Å². The topological polar surface area (TPSA) is 90.0 Å². The summed E-state index contributed by atoms with van der Waals surface area (Å²) < 4.78 is 0. The molecule has 0 radical (unpaired) electrons. The Bertz CT molecular complexity index is 127. The van der Waals surface area contributed by atoms with Crippen LogP contribution in [-0.4, -0.2) is 16.9 Å². The van der Waals surface area contributed by atoms with Crippen LogP contribution in [0.4, 0.5) is 0 Å². The van der Waals surface area contributed by atoms with E-state index in [1.807, 2.05) is 6.92 Å². The Labute approximate surface area is 58.2 Å². The SMILES string of the molecule is CCSC(=[NH2+])N=C(N)N. The number of rotatable bonds is 1. The van der Waals surface area contributed by atoms with Crippen LogP contribution in [0.3, 0.4) is 0 Å². The number of thioether (sulfide) groups is 1. The van der Waals surface area contributed by atoms with E-state index in [-0.39, 0.29) is 5.96 Å². The number of guanidine groups is 1. The van der Waals surface area contributed by atoms with E-state index >= 15 is 0 Å². The fourth-order valence-corrected chi connectivity index (χ4v) is 0.773. The molecule has 0 aliphatic carbocycles. The minimum Gasteiger partial charge on any atom is -0.348 e. The van der Waals surface area contributed by atoms with Crippen molar-refractivity contribution in [3.63, 3.8) is 0 Å². The van der Waals surface area contributed by atoms with Crippen LogP contribution in [0.2, 0.25) is 0 Å². The predicted molar refractivity (Wildman–Crippen MR) is 40.9 cm³/mol. The summed E-state index contributed by atoms with van der Waals surface area (Å²) in [5.41, 5.74) is 10.1. The standard InChI is InChI=1S/C4H10N4S/c1-2-9-4(7)8-3(5)6/h2H2,1H3,(H5,5,6,7,8)/p+1. The molecule has 0 unspecified atom stereocenters. The molecule has 0 spiro atoms. The average Bonchev–Trinajstić information content (AvgIpc) is 1.63. The van der Waals surface area contributed by atoms with E-state index in [2.05, 4.69) is 4.99 Å². The number of hydrogen-bond donors (Lipinski definition) is 3. The molecule has 0 saturated carbocycles. The maximum Gasteiger partial charge on any atom is 0.354 e. The fraction of sp³-hybridized carbons (Fsp3) is 0.500. The number of aliphatic imine (C=N–C) groups is 1. The number of hydrogen-bond acceptors (Lipinski definition) is 1. The first-order valence-electron chi connectivity index (χ1n) is 2.51. The van der Waals surface area contributed by atoms with Gasteiger partial charge < -0.3 is 11.5 Å². The van der Waals surface area contributed by atoms with Gasteiger partial charge in [-0.05, 0) is 11.8 Å². The van der Waals surface area contributed by atoms with E-state index in [0.29, 0.717) is 5.17 Å². The van der Waals surface area contributed by atoms with Crippen LogP contribution in [0.25, 0.3) is 0 Å². The quantitative estimate of drug-likeness (QED) is 0.300. The van der Waals surface area contributed by atoms with Crippen LogP contribution in [0.1, 0.15) is 6.92 Å². The van der Waals surface area contributed by atoms with Crippen molar-refractivity contribution in [2.75, 3.05) is 5.75 Å². The van der Waals surface area contributed by atoms with Crippen molar-refractivity contribution in [2.45, 2.75) is 6.92 Å². The van der Waals surface area contributed by atoms with Crippen molar-refractivity contribution >= 4 is 22.9 Å². The summed E-state index contributed by atoms with van der Waals surface area (Å²) in [5.74, 6) is 0.885. The Morgan fingerprint density at radius 2 is 2.22 bits per heavy atom. The van der Waals surface area contributed by atoms with Gasteiger partial charge in [-0.2, -0.15) is 0 Å². The van der Waals surface area contributed by atoms with Gasteiger partial charge in [0.2, 0.25) is 0 Å². The van der Waals surface area contributed by atoms with Crippen molar-refractivity contribution in [1.82, 2.24) is 0 Å². The van der Waals surface area contributed by atoms with Crippen LogP contribution < -0.4 is 16.9 Å². The Kier molecular flexibility index (Phi) is 3.87. The zero-order valence-corrected chi connectivity index (χ0v) is 6.11. The molecule has 6 N–H and O–H groups in total. The zero-order valence-electron chi connectivity index (χ0n) is 5.29. The van der Waals surface area contributed by atoms with E-state index in [0.717, 1.165) is 5.75 Å². The zero-order chi connectivity index (χ0) is 7.28. The van der Waals surface area contributed by atoms with Gasteiger partial charge in [0.05, 0.1) is 0 Å². The number of nitrogens with two attached hydrogens (primary N) is 3. The van der Waals surface area contributed by atoms with E-state index < -0.39 is 0 Å². The molecule has 0 saturated heterocycles. The summed E-state index contributed by atoms with van der Waals surface area (Å²) in [6, 6.07) is 0. The molecular formula is C4H11N4S+. The summed E-state index contributed by atoms with van der Waals surface area (Å²) >= 11 is 1.41. The summed E-state index contributed by atoms with van der Waals surface area (Å²) in [7, 11) is 0. The number of nitrogens with zero attached hydrogens (tertiary/aromatic N) is 1. The maximum absolute atomic E-state index is 5.32. The van der Waals surface area contributed by atoms with Gasteiger partial charge in [-0.1, -0.05) is 6.92 Å². The van der Waals surface area contributed by atoms with E-state index in [4.69, 9.17) is 16.9 Å². The summed E-state index contributed by atoms with van der Waals surface area (Å²) in [4.78, 5) is 3.60. The molecule has 0 aliphatic heterocycles. The highest BCUT2D eigenvalue weighted by Crippen LogP contribution is 1.97. The van der Waals surface area contributed by atoms with Gasteiger partial charge in [0.15, 0.2) is 0 Å². The molecule has 0 aliphatic rings. The Hall–Kier alpha value is -0.710. The molecular weight excluding hydrogens is 136 g/mol. The van der Waals surface area contributed by atoms with Gasteiger partial charge in [0.25, 0.3) is 0 Å². The lowest BCUT2D eigenvalue weighted by Gasteiger charge is -1.82. The van der Waals surface area contributed by atoms with E-state index in [1.165, 1.54) is 11.8 Å². The first-order chi connectivity index (χ1) is 4.16. The van der Waals surface area contributed by atoms with Crippen molar-refractivity contribution in [3.05, 3.63) is 0 Å². The molecule has 52 valence electrons. The first-order valence-corrected chi connectivity index (χ1v) is 3.50. The highest BCUT2D eigenvalue weighted by atomic mass is 32.2. The van der Waals surface area contributed by atoms with Crippen LogP contribution in [0, 0.1) is 0 Å². The second-order valence-electron chi connectivity index (χ2n) is 1.31. The molecule has 0 atom stereocenters. The van der Waals surface area contributed by atoms with Gasteiger partial charge in [-0.25, -0.2) is 0 Å². The third-order valence-corrected chi connectivity index (χ3v) is 1.21. The highest BCUT2D eigenvalue weighted by molar-refractivity contribution is 8.13. The van der Waals surface area contributed by atoms with Crippen molar-refractivity contribution in [2.24, 2.45) is 16.5 Å². The lowest BCUT2D eigenvalue weighted by Crippen LogP contribution is -2.39. The summed E-state index contributed by atoms with van der Waals surface area (Å²) in [5, 5.41) is 5.73. The molecule has 0 aromatic rings. The van der Waals surface area contributed by atoms with Crippen molar-refractivity contribution < 1.29 is 5.41 Å². The van der Waals surface area contributed by atoms with E-state index in [9.17, 15) is 0 Å². The molecule has 0 amide bonds. The largest absolute Gasteiger partial charge is 0.354 e. The lowest BCUT2D eigenvalue weighted by molar-refractivity contribution is -0.109. The van der Waals surface area contributed by atoms with Crippen molar-refractivity contribution in [3.8, 4) is 0 Å². The first kappa shape index (κ1) is 8.29. The van der Waals surface area contributed by atoms with Gasteiger partial charge >= 0.3 is 11.1 Å². The lowest BCUT2D eigenvalue weighted by atomic mass is 11.0. The summed E-state index contributed by atoms with van der Waals surface area (Å²) in [6.07, 6.45) is 0. The van der Waals surface area contributed by atoms with Gasteiger partial charge in [0, 0.05) is 10.7 Å². The second-order valence-corrected chi connectivity index (χ2v) is 2.59. The molecule has 4 nitrogen and oxygen atoms in total. The average molecular weight is 147 g/mol. The van der Waals surface area contributed by atoms with Crippen LogP contribution in [-0.2, 0) is 0 Å². The molecule has 0 heterocycles. The molecule has 0 rings (SSSR count). The van der Waals surface area contributed by atoms with Gasteiger partial charge in [-0.3, -0.25) is 5.41 Å². The Morgan fingerprint density at radius 3 is 2.56 bits per heavy atom. The smallest absolute Gasteiger partial charge is 0.348 e. The predicted octanol–water partition coefficient (Wildman–Crippen LogP) is -1.87. The molecule has 9 heavy (non-hydrogen) atoms. The van der Waals surface area contributed by atoms with Crippen LogP contribution in [0.5, 0.6) is 0 Å². The van der Waals surface area contributed by atoms with Gasteiger partial charge in [0.1, 0.15) is 0 Å². The molecule has 0 bridgehead atoms. The Balaban J connectivity index is 3.63. The molecule has 0 aromatic carbocycles. The van der Waals surface area contributed by atoms with Crippen LogP contribution in [0.15, 0.2) is 4.99 Å². The maximum atomic E-state index is 5.32. The monoisotopic (exact) mass is 147 g/mol. The molecule has 5 heteroatoms. The molecule has 0 fully saturated rings. The van der Waals surface area contributed by atoms with Crippen molar-refractivity contribution in [1.29, 1.82) is 0 Å². The second kappa shape index (κ2) is 4.20. The molecule has 0 aromatic heterocycles.